The molecule has 0 radical (unpaired) electrons. The van der Waals surface area contributed by atoms with Gasteiger partial charge < -0.3 is 20.4 Å². The third kappa shape index (κ3) is 3.62. The molecule has 1 aliphatic rings. The second-order valence-corrected chi connectivity index (χ2v) is 8.83. The van der Waals surface area contributed by atoms with Crippen LogP contribution in [0.25, 0.3) is 32.9 Å². The molecule has 35 heavy (non-hydrogen) atoms. The molecular formula is C26H23ClN4O4. The summed E-state index contributed by atoms with van der Waals surface area (Å²) in [5.41, 5.74) is 9.06. The topological polar surface area (TPSA) is 115 Å². The second kappa shape index (κ2) is 8.72. The summed E-state index contributed by atoms with van der Waals surface area (Å²) in [6.07, 6.45) is 0.749. The van der Waals surface area contributed by atoms with Crippen LogP contribution in [0.15, 0.2) is 42.5 Å². The maximum atomic E-state index is 13.0. The number of benzene rings is 3. The van der Waals surface area contributed by atoms with E-state index in [-0.39, 0.29) is 16.7 Å². The number of nitrogens with zero attached hydrogens (tertiary/aromatic N) is 1. The number of primary amides is 1. The first kappa shape index (κ1) is 22.9. The predicted molar refractivity (Wildman–Crippen MR) is 135 cm³/mol. The third-order valence-electron chi connectivity index (χ3n) is 6.34. The lowest BCUT2D eigenvalue weighted by Crippen LogP contribution is -2.20. The summed E-state index contributed by atoms with van der Waals surface area (Å²) in [6, 6.07) is 12.4. The van der Waals surface area contributed by atoms with Gasteiger partial charge in [-0.15, -0.1) is 0 Å². The Morgan fingerprint density at radius 1 is 1.09 bits per heavy atom. The number of carbonyl (C=O) groups excluding carboxylic acids is 3. The Kier molecular flexibility index (Phi) is 5.70. The maximum Gasteiger partial charge on any atom is 0.259 e. The van der Waals surface area contributed by atoms with Gasteiger partial charge in [0.15, 0.2) is 0 Å². The van der Waals surface area contributed by atoms with E-state index in [0.29, 0.717) is 44.8 Å². The van der Waals surface area contributed by atoms with E-state index < -0.39 is 17.7 Å². The number of amides is 3. The van der Waals surface area contributed by atoms with Crippen LogP contribution in [0, 0.1) is 0 Å². The highest BCUT2D eigenvalue weighted by atomic mass is 35.5. The number of imide groups is 1. The van der Waals surface area contributed by atoms with Crippen molar-refractivity contribution < 1.29 is 19.1 Å². The van der Waals surface area contributed by atoms with Crippen LogP contribution in [0.5, 0.6) is 5.75 Å². The summed E-state index contributed by atoms with van der Waals surface area (Å²) < 4.78 is 7.80. The van der Waals surface area contributed by atoms with Crippen molar-refractivity contribution in [3.8, 4) is 16.9 Å². The Bertz CT molecular complexity index is 1560. The molecule has 1 aromatic heterocycles. The number of hydrogen-bond acceptors (Lipinski definition) is 5. The number of rotatable bonds is 7. The molecule has 0 spiro atoms. The molecule has 0 aliphatic carbocycles. The van der Waals surface area contributed by atoms with Crippen LogP contribution in [-0.2, 0) is 7.05 Å². The molecular weight excluding hydrogens is 468 g/mol. The number of nitrogens with two attached hydrogens (primary N) is 1. The molecule has 0 unspecified atom stereocenters. The quantitative estimate of drug-likeness (QED) is 0.270. The number of nitrogens with one attached hydrogen (secondary N) is 2. The van der Waals surface area contributed by atoms with Crippen LogP contribution in [0.3, 0.4) is 0 Å². The van der Waals surface area contributed by atoms with Gasteiger partial charge in [0.25, 0.3) is 17.7 Å². The second-order valence-electron chi connectivity index (χ2n) is 8.43. The Labute approximate surface area is 206 Å². The van der Waals surface area contributed by atoms with Crippen LogP contribution >= 0.6 is 11.6 Å². The SMILES string of the molecule is CNCCCOc1cc2c(cc1C(N)=O)c1c3c(c(-c4ccccc4Cl)cc1n2C)C(=O)NC3=O. The first-order chi connectivity index (χ1) is 16.8. The van der Waals surface area contributed by atoms with Gasteiger partial charge in [-0.05, 0) is 43.8 Å². The number of aromatic nitrogens is 1. The normalized spacial score (nSPS) is 12.9. The van der Waals surface area contributed by atoms with Crippen molar-refractivity contribution in [2.75, 3.05) is 20.2 Å². The lowest BCUT2D eigenvalue weighted by atomic mass is 9.92. The highest BCUT2D eigenvalue weighted by Gasteiger charge is 2.35. The predicted octanol–water partition coefficient (Wildman–Crippen LogP) is 3.62. The van der Waals surface area contributed by atoms with Crippen LogP contribution in [-0.4, -0.2) is 42.5 Å². The lowest BCUT2D eigenvalue weighted by Gasteiger charge is -2.11. The summed E-state index contributed by atoms with van der Waals surface area (Å²) in [6.45, 7) is 1.17. The minimum atomic E-state index is -0.641. The van der Waals surface area contributed by atoms with Crippen molar-refractivity contribution >= 4 is 51.1 Å². The van der Waals surface area contributed by atoms with E-state index in [1.165, 1.54) is 0 Å². The van der Waals surface area contributed by atoms with Crippen molar-refractivity contribution in [2.24, 2.45) is 12.8 Å². The van der Waals surface area contributed by atoms with Gasteiger partial charge in [0.1, 0.15) is 5.75 Å². The van der Waals surface area contributed by atoms with Crippen molar-refractivity contribution in [3.05, 3.63) is 64.2 Å². The highest BCUT2D eigenvalue weighted by molar-refractivity contribution is 6.36. The molecule has 178 valence electrons. The van der Waals surface area contributed by atoms with Gasteiger partial charge in [-0.2, -0.15) is 0 Å². The van der Waals surface area contributed by atoms with E-state index >= 15 is 0 Å². The molecule has 8 nitrogen and oxygen atoms in total. The fraction of sp³-hybridized carbons (Fsp3) is 0.192. The summed E-state index contributed by atoms with van der Waals surface area (Å²) in [5.74, 6) is -1.25. The Morgan fingerprint density at radius 3 is 2.54 bits per heavy atom. The number of aryl methyl sites for hydroxylation is 1. The molecule has 0 bridgehead atoms. The molecule has 4 aromatic rings. The molecule has 9 heteroatoms. The first-order valence-corrected chi connectivity index (χ1v) is 11.5. The average Bonchev–Trinajstić information content (AvgIpc) is 3.28. The molecule has 0 saturated heterocycles. The van der Waals surface area contributed by atoms with Crippen LogP contribution in [0.1, 0.15) is 37.5 Å². The zero-order valence-corrected chi connectivity index (χ0v) is 20.0. The number of fused-ring (bicyclic) bond motifs is 5. The molecule has 3 aromatic carbocycles. The molecule has 3 amide bonds. The van der Waals surface area contributed by atoms with Gasteiger partial charge in [-0.3, -0.25) is 19.7 Å². The monoisotopic (exact) mass is 490 g/mol. The van der Waals surface area contributed by atoms with E-state index in [2.05, 4.69) is 10.6 Å². The van der Waals surface area contributed by atoms with Gasteiger partial charge in [0.05, 0.1) is 34.3 Å². The van der Waals surface area contributed by atoms with Crippen molar-refractivity contribution in [3.63, 3.8) is 0 Å². The van der Waals surface area contributed by atoms with E-state index in [0.717, 1.165) is 18.5 Å². The summed E-state index contributed by atoms with van der Waals surface area (Å²) in [7, 11) is 3.71. The Morgan fingerprint density at radius 2 is 1.83 bits per heavy atom. The van der Waals surface area contributed by atoms with Gasteiger partial charge in [0.2, 0.25) is 0 Å². The fourth-order valence-corrected chi connectivity index (χ4v) is 4.95. The smallest absolute Gasteiger partial charge is 0.259 e. The van der Waals surface area contributed by atoms with Gasteiger partial charge in [-0.1, -0.05) is 29.8 Å². The molecule has 0 fully saturated rings. The van der Waals surface area contributed by atoms with Crippen molar-refractivity contribution in [1.29, 1.82) is 0 Å². The van der Waals surface area contributed by atoms with E-state index in [9.17, 15) is 14.4 Å². The van der Waals surface area contributed by atoms with Crippen LogP contribution in [0.2, 0.25) is 5.02 Å². The number of hydrogen-bond donors (Lipinski definition) is 3. The molecule has 4 N–H and O–H groups in total. The van der Waals surface area contributed by atoms with Gasteiger partial charge >= 0.3 is 0 Å². The van der Waals surface area contributed by atoms with Crippen LogP contribution in [0.4, 0.5) is 0 Å². The van der Waals surface area contributed by atoms with Crippen LogP contribution < -0.4 is 21.1 Å². The molecule has 0 atom stereocenters. The van der Waals surface area contributed by atoms with E-state index in [1.54, 1.807) is 24.3 Å². The Balaban J connectivity index is 1.83. The molecule has 2 heterocycles. The first-order valence-electron chi connectivity index (χ1n) is 11.1. The zero-order chi connectivity index (χ0) is 24.9. The fourth-order valence-electron chi connectivity index (χ4n) is 4.71. The zero-order valence-electron chi connectivity index (χ0n) is 19.2. The molecule has 5 rings (SSSR count). The van der Waals surface area contributed by atoms with Crippen molar-refractivity contribution in [1.82, 2.24) is 15.2 Å². The van der Waals surface area contributed by atoms with Gasteiger partial charge in [0, 0.05) is 34.5 Å². The minimum Gasteiger partial charge on any atom is -0.493 e. The molecule has 0 saturated carbocycles. The molecule has 1 aliphatic heterocycles. The average molecular weight is 491 g/mol. The maximum absolute atomic E-state index is 13.0. The Hall–Kier alpha value is -3.88. The standard InChI is InChI=1S/C26H23ClN4O4/c1-29-8-5-9-35-20-12-18-15(10-16(20)24(28)32)21-19(31(18)2)11-14(13-6-3-4-7-17(13)27)22-23(21)26(34)30-25(22)33/h3-4,6-7,10-12,29H,5,8-9H2,1-2H3,(H2,28,32)(H,30,33,34). The van der Waals surface area contributed by atoms with E-state index in [1.807, 2.05) is 36.9 Å². The lowest BCUT2D eigenvalue weighted by molar-refractivity contribution is 0.0879. The third-order valence-corrected chi connectivity index (χ3v) is 6.67. The van der Waals surface area contributed by atoms with E-state index in [4.69, 9.17) is 22.1 Å². The highest BCUT2D eigenvalue weighted by Crippen LogP contribution is 2.42. The number of ether oxygens (including phenoxy) is 1. The summed E-state index contributed by atoms with van der Waals surface area (Å²) in [5, 5.41) is 7.13. The minimum absolute atomic E-state index is 0.211. The summed E-state index contributed by atoms with van der Waals surface area (Å²) in [4.78, 5) is 38.2. The largest absolute Gasteiger partial charge is 0.493 e. The number of carbonyl (C=O) groups is 3. The van der Waals surface area contributed by atoms with Gasteiger partial charge in [-0.25, -0.2) is 0 Å². The summed E-state index contributed by atoms with van der Waals surface area (Å²) >= 11 is 6.47. The number of halogens is 1. The van der Waals surface area contributed by atoms with Crippen molar-refractivity contribution in [2.45, 2.75) is 6.42 Å².